The molecule has 0 saturated carbocycles. The Morgan fingerprint density at radius 2 is 2.06 bits per heavy atom. The number of nitrogens with two attached hydrogens (primary N) is 1. The third-order valence-electron chi connectivity index (χ3n) is 1.81. The van der Waals surface area contributed by atoms with Crippen LogP contribution in [0.2, 0.25) is 10.0 Å². The van der Waals surface area contributed by atoms with Crippen LogP contribution in [0.5, 0.6) is 0 Å². The lowest BCUT2D eigenvalue weighted by Crippen LogP contribution is -1.95. The number of rotatable bonds is 3. The van der Waals surface area contributed by atoms with Crippen molar-refractivity contribution in [1.82, 2.24) is 10.2 Å². The Kier molecular flexibility index (Phi) is 3.28. The van der Waals surface area contributed by atoms with Crippen molar-refractivity contribution in [2.24, 2.45) is 5.73 Å². The largest absolute Gasteiger partial charge is 0.406 e. The Morgan fingerprint density at radius 1 is 1.25 bits per heavy atom. The van der Waals surface area contributed by atoms with Gasteiger partial charge in [-0.15, -0.1) is 5.10 Å². The predicted octanol–water partition coefficient (Wildman–Crippen LogP) is 2.58. The van der Waals surface area contributed by atoms with E-state index in [1.807, 2.05) is 0 Å². The number of nitrogens with zero attached hydrogens (tertiary/aromatic N) is 2. The van der Waals surface area contributed by atoms with Crippen LogP contribution in [0.4, 0.5) is 11.7 Å². The minimum absolute atomic E-state index is 0.204. The molecule has 0 aliphatic heterocycles. The van der Waals surface area contributed by atoms with Gasteiger partial charge in [-0.3, -0.25) is 0 Å². The van der Waals surface area contributed by atoms with Crippen molar-refractivity contribution in [1.29, 1.82) is 0 Å². The quantitative estimate of drug-likeness (QED) is 0.885. The molecule has 16 heavy (non-hydrogen) atoms. The van der Waals surface area contributed by atoms with Gasteiger partial charge in [0.05, 0.1) is 16.6 Å². The molecule has 7 heteroatoms. The first-order chi connectivity index (χ1) is 7.69. The van der Waals surface area contributed by atoms with Crippen molar-refractivity contribution >= 4 is 34.9 Å². The van der Waals surface area contributed by atoms with Gasteiger partial charge in [0.15, 0.2) is 0 Å². The average molecular weight is 259 g/mol. The van der Waals surface area contributed by atoms with E-state index in [2.05, 4.69) is 15.5 Å². The highest BCUT2D eigenvalue weighted by atomic mass is 35.5. The van der Waals surface area contributed by atoms with E-state index < -0.39 is 0 Å². The number of nitrogens with one attached hydrogen (secondary N) is 1. The van der Waals surface area contributed by atoms with E-state index in [9.17, 15) is 0 Å². The number of hydrogen-bond acceptors (Lipinski definition) is 5. The SMILES string of the molecule is NCc1nnc(Nc2ccc(Cl)c(Cl)c2)o1. The lowest BCUT2D eigenvalue weighted by molar-refractivity contribution is 0.511. The van der Waals surface area contributed by atoms with Crippen LogP contribution >= 0.6 is 23.2 Å². The molecule has 0 aliphatic rings. The molecule has 0 radical (unpaired) electrons. The predicted molar refractivity (Wildman–Crippen MR) is 61.9 cm³/mol. The molecule has 3 N–H and O–H groups in total. The summed E-state index contributed by atoms with van der Waals surface area (Å²) in [6, 6.07) is 5.35. The summed E-state index contributed by atoms with van der Waals surface area (Å²) < 4.78 is 5.17. The number of aromatic nitrogens is 2. The third-order valence-corrected chi connectivity index (χ3v) is 2.55. The molecule has 1 aromatic carbocycles. The number of halogens is 2. The number of benzene rings is 1. The molecule has 1 heterocycles. The van der Waals surface area contributed by atoms with Gasteiger partial charge in [-0.1, -0.05) is 28.3 Å². The topological polar surface area (TPSA) is 77.0 Å². The Balaban J connectivity index is 2.17. The van der Waals surface area contributed by atoms with Crippen LogP contribution in [-0.4, -0.2) is 10.2 Å². The number of hydrogen-bond donors (Lipinski definition) is 2. The van der Waals surface area contributed by atoms with E-state index in [-0.39, 0.29) is 12.6 Å². The Labute approximate surface area is 102 Å². The molecule has 2 rings (SSSR count). The van der Waals surface area contributed by atoms with E-state index in [0.717, 1.165) is 0 Å². The summed E-state index contributed by atoms with van der Waals surface area (Å²) in [6.07, 6.45) is 0. The lowest BCUT2D eigenvalue weighted by Gasteiger charge is -2.02. The van der Waals surface area contributed by atoms with Gasteiger partial charge in [-0.05, 0) is 18.2 Å². The highest BCUT2D eigenvalue weighted by molar-refractivity contribution is 6.42. The second-order valence-corrected chi connectivity index (χ2v) is 3.77. The average Bonchev–Trinajstić information content (AvgIpc) is 2.71. The van der Waals surface area contributed by atoms with Crippen molar-refractivity contribution in [2.75, 3.05) is 5.32 Å². The summed E-state index contributed by atoms with van der Waals surface area (Å²) in [5.74, 6) is 0.363. The Hall–Kier alpha value is -1.30. The molecule has 1 aromatic heterocycles. The maximum absolute atomic E-state index is 5.85. The summed E-state index contributed by atoms with van der Waals surface area (Å²) in [6.45, 7) is 0.204. The monoisotopic (exact) mass is 258 g/mol. The van der Waals surface area contributed by atoms with E-state index in [0.29, 0.717) is 21.6 Å². The third kappa shape index (κ3) is 2.44. The van der Waals surface area contributed by atoms with Crippen LogP contribution in [0, 0.1) is 0 Å². The minimum atomic E-state index is 0.204. The van der Waals surface area contributed by atoms with Crippen molar-refractivity contribution in [3.63, 3.8) is 0 Å². The zero-order chi connectivity index (χ0) is 11.5. The van der Waals surface area contributed by atoms with E-state index in [1.54, 1.807) is 18.2 Å². The van der Waals surface area contributed by atoms with Crippen LogP contribution in [0.15, 0.2) is 22.6 Å². The molecule has 0 atom stereocenters. The molecular weight excluding hydrogens is 251 g/mol. The summed E-state index contributed by atoms with van der Waals surface area (Å²) >= 11 is 11.6. The van der Waals surface area contributed by atoms with Crippen LogP contribution in [-0.2, 0) is 6.54 Å². The lowest BCUT2D eigenvalue weighted by atomic mass is 10.3. The molecule has 84 valence electrons. The van der Waals surface area contributed by atoms with Gasteiger partial charge in [0.1, 0.15) is 0 Å². The normalized spacial score (nSPS) is 10.4. The fraction of sp³-hybridized carbons (Fsp3) is 0.111. The van der Waals surface area contributed by atoms with Gasteiger partial charge >= 0.3 is 6.01 Å². The number of anilines is 2. The van der Waals surface area contributed by atoms with Crippen LogP contribution in [0.1, 0.15) is 5.89 Å². The maximum atomic E-state index is 5.85. The molecule has 0 aliphatic carbocycles. The molecule has 0 saturated heterocycles. The van der Waals surface area contributed by atoms with Crippen molar-refractivity contribution < 1.29 is 4.42 Å². The zero-order valence-electron chi connectivity index (χ0n) is 8.08. The van der Waals surface area contributed by atoms with Crippen LogP contribution < -0.4 is 11.1 Å². The van der Waals surface area contributed by atoms with E-state index in [4.69, 9.17) is 33.4 Å². The van der Waals surface area contributed by atoms with Crippen molar-refractivity contribution in [3.8, 4) is 0 Å². The summed E-state index contributed by atoms with van der Waals surface area (Å²) in [4.78, 5) is 0. The molecule has 0 bridgehead atoms. The molecular formula is C9H8Cl2N4O. The first kappa shape index (κ1) is 11.2. The van der Waals surface area contributed by atoms with E-state index in [1.165, 1.54) is 0 Å². The summed E-state index contributed by atoms with van der Waals surface area (Å²) in [5.41, 5.74) is 6.05. The molecule has 0 fully saturated rings. The molecule has 0 unspecified atom stereocenters. The fourth-order valence-electron chi connectivity index (χ4n) is 1.08. The molecule has 5 nitrogen and oxygen atoms in total. The van der Waals surface area contributed by atoms with Gasteiger partial charge in [0.2, 0.25) is 5.89 Å². The first-order valence-corrected chi connectivity index (χ1v) is 5.19. The van der Waals surface area contributed by atoms with Gasteiger partial charge < -0.3 is 15.5 Å². The maximum Gasteiger partial charge on any atom is 0.320 e. The second kappa shape index (κ2) is 4.69. The fourth-order valence-corrected chi connectivity index (χ4v) is 1.38. The minimum Gasteiger partial charge on any atom is -0.406 e. The van der Waals surface area contributed by atoms with Crippen LogP contribution in [0.3, 0.4) is 0 Å². The Morgan fingerprint density at radius 3 is 2.69 bits per heavy atom. The second-order valence-electron chi connectivity index (χ2n) is 2.96. The summed E-state index contributed by atoms with van der Waals surface area (Å²) in [5, 5.41) is 11.3. The Bertz CT molecular complexity index is 500. The summed E-state index contributed by atoms with van der Waals surface area (Å²) in [7, 11) is 0. The van der Waals surface area contributed by atoms with Gasteiger partial charge in [0, 0.05) is 5.69 Å². The highest BCUT2D eigenvalue weighted by Crippen LogP contribution is 2.26. The highest BCUT2D eigenvalue weighted by Gasteiger charge is 2.05. The molecule has 0 amide bonds. The van der Waals surface area contributed by atoms with Crippen molar-refractivity contribution in [2.45, 2.75) is 6.54 Å². The zero-order valence-corrected chi connectivity index (χ0v) is 9.59. The standard InChI is InChI=1S/C9H8Cl2N4O/c10-6-2-1-5(3-7(6)11)13-9-15-14-8(4-12)16-9/h1-3H,4,12H2,(H,13,15). The van der Waals surface area contributed by atoms with Gasteiger partial charge in [-0.25, -0.2) is 0 Å². The first-order valence-electron chi connectivity index (χ1n) is 4.43. The van der Waals surface area contributed by atoms with Gasteiger partial charge in [-0.2, -0.15) is 0 Å². The van der Waals surface area contributed by atoms with Gasteiger partial charge in [0.25, 0.3) is 0 Å². The molecule has 2 aromatic rings. The smallest absolute Gasteiger partial charge is 0.320 e. The van der Waals surface area contributed by atoms with E-state index >= 15 is 0 Å². The van der Waals surface area contributed by atoms with Crippen LogP contribution in [0.25, 0.3) is 0 Å². The molecule has 0 spiro atoms. The van der Waals surface area contributed by atoms with Crippen molar-refractivity contribution in [3.05, 3.63) is 34.1 Å².